The Morgan fingerprint density at radius 2 is 2.23 bits per heavy atom. The third-order valence-electron chi connectivity index (χ3n) is 4.39. The number of amides is 2. The summed E-state index contributed by atoms with van der Waals surface area (Å²) in [5, 5.41) is 2.93. The van der Waals surface area contributed by atoms with E-state index in [1.54, 1.807) is 29.1 Å². The molecule has 1 saturated carbocycles. The van der Waals surface area contributed by atoms with Crippen molar-refractivity contribution in [2.24, 2.45) is 5.92 Å². The van der Waals surface area contributed by atoms with Gasteiger partial charge in [0.05, 0.1) is 5.88 Å². The van der Waals surface area contributed by atoms with Gasteiger partial charge in [0.25, 0.3) is 0 Å². The Morgan fingerprint density at radius 3 is 2.95 bits per heavy atom. The highest BCUT2D eigenvalue weighted by Crippen LogP contribution is 2.30. The fraction of sp³-hybridized carbons (Fsp3) is 0.667. The smallest absolute Gasteiger partial charge is 0.243 e. The SMILES string of the molecule is O=C(NCCc1ncc[nH]1)[C@H]1CSCN1C(=O)C1CCCC1. The van der Waals surface area contributed by atoms with Crippen molar-refractivity contribution in [1.29, 1.82) is 0 Å². The van der Waals surface area contributed by atoms with Gasteiger partial charge < -0.3 is 15.2 Å². The topological polar surface area (TPSA) is 78.1 Å². The van der Waals surface area contributed by atoms with Gasteiger partial charge in [0.2, 0.25) is 11.8 Å². The Labute approximate surface area is 134 Å². The molecule has 0 spiro atoms. The zero-order chi connectivity index (χ0) is 15.4. The minimum absolute atomic E-state index is 0.0390. The first kappa shape index (κ1) is 15.4. The van der Waals surface area contributed by atoms with Crippen molar-refractivity contribution in [3.8, 4) is 0 Å². The fourth-order valence-electron chi connectivity index (χ4n) is 3.14. The molecule has 3 rings (SSSR count). The summed E-state index contributed by atoms with van der Waals surface area (Å²) in [5.74, 6) is 2.48. The summed E-state index contributed by atoms with van der Waals surface area (Å²) in [7, 11) is 0. The van der Waals surface area contributed by atoms with Crippen LogP contribution in [0.1, 0.15) is 31.5 Å². The van der Waals surface area contributed by atoms with Crippen LogP contribution in [0.2, 0.25) is 0 Å². The lowest BCUT2D eigenvalue weighted by molar-refractivity contribution is -0.141. The van der Waals surface area contributed by atoms with Crippen LogP contribution in [0.15, 0.2) is 12.4 Å². The maximum absolute atomic E-state index is 12.5. The molecule has 0 radical (unpaired) electrons. The number of nitrogens with zero attached hydrogens (tertiary/aromatic N) is 2. The zero-order valence-corrected chi connectivity index (χ0v) is 13.4. The van der Waals surface area contributed by atoms with Crippen LogP contribution in [0.25, 0.3) is 0 Å². The average Bonchev–Trinajstić information content (AvgIpc) is 3.26. The maximum atomic E-state index is 12.5. The van der Waals surface area contributed by atoms with Gasteiger partial charge in [0.1, 0.15) is 11.9 Å². The normalized spacial score (nSPS) is 22.2. The summed E-state index contributed by atoms with van der Waals surface area (Å²) in [6, 6.07) is -0.310. The Kier molecular flexibility index (Phi) is 5.02. The van der Waals surface area contributed by atoms with Crippen LogP contribution in [0.5, 0.6) is 0 Å². The molecule has 6 nitrogen and oxygen atoms in total. The van der Waals surface area contributed by atoms with Crippen molar-refractivity contribution in [3.05, 3.63) is 18.2 Å². The molecule has 1 atom stereocenters. The molecule has 1 aromatic rings. The Balaban J connectivity index is 1.50. The van der Waals surface area contributed by atoms with Crippen LogP contribution < -0.4 is 5.32 Å². The van der Waals surface area contributed by atoms with Crippen LogP contribution in [0.3, 0.4) is 0 Å². The van der Waals surface area contributed by atoms with Crippen molar-refractivity contribution in [1.82, 2.24) is 20.2 Å². The summed E-state index contributed by atoms with van der Waals surface area (Å²) in [6.45, 7) is 0.541. The highest BCUT2D eigenvalue weighted by atomic mass is 32.2. The predicted octanol–water partition coefficient (Wildman–Crippen LogP) is 1.16. The minimum Gasteiger partial charge on any atom is -0.354 e. The van der Waals surface area contributed by atoms with Crippen molar-refractivity contribution >= 4 is 23.6 Å². The summed E-state index contributed by atoms with van der Waals surface area (Å²) >= 11 is 1.66. The standard InChI is InChI=1S/C15H22N4O2S/c20-14(18-6-5-13-16-7-8-17-13)12-9-22-10-19(12)15(21)11-3-1-2-4-11/h7-8,11-12H,1-6,9-10H2,(H,16,17)(H,18,20)/t12-/m1/s1. The van der Waals surface area contributed by atoms with Gasteiger partial charge >= 0.3 is 0 Å². The van der Waals surface area contributed by atoms with E-state index in [1.807, 2.05) is 0 Å². The first-order valence-corrected chi connectivity index (χ1v) is 9.05. The molecule has 1 saturated heterocycles. The maximum Gasteiger partial charge on any atom is 0.243 e. The third kappa shape index (κ3) is 3.45. The van der Waals surface area contributed by atoms with E-state index in [4.69, 9.17) is 0 Å². The number of rotatable bonds is 5. The molecule has 1 aromatic heterocycles. The summed E-state index contributed by atoms with van der Waals surface area (Å²) in [6.07, 6.45) is 8.38. The number of carbonyl (C=O) groups excluding carboxylic acids is 2. The molecule has 0 unspecified atom stereocenters. The van der Waals surface area contributed by atoms with Gasteiger partial charge in [-0.05, 0) is 12.8 Å². The van der Waals surface area contributed by atoms with E-state index in [2.05, 4.69) is 15.3 Å². The quantitative estimate of drug-likeness (QED) is 0.853. The monoisotopic (exact) mass is 322 g/mol. The number of thioether (sulfide) groups is 1. The molecule has 0 aromatic carbocycles. The van der Waals surface area contributed by atoms with Gasteiger partial charge in [-0.25, -0.2) is 4.98 Å². The molecule has 2 aliphatic rings. The second-order valence-electron chi connectivity index (χ2n) is 5.88. The lowest BCUT2D eigenvalue weighted by Gasteiger charge is -2.25. The zero-order valence-electron chi connectivity index (χ0n) is 12.6. The van der Waals surface area contributed by atoms with Gasteiger partial charge in [-0.3, -0.25) is 9.59 Å². The highest BCUT2D eigenvalue weighted by Gasteiger charge is 2.38. The largest absolute Gasteiger partial charge is 0.354 e. The van der Waals surface area contributed by atoms with Gasteiger partial charge in [0, 0.05) is 37.0 Å². The third-order valence-corrected chi connectivity index (χ3v) is 5.40. The molecule has 0 bridgehead atoms. The molecule has 2 amide bonds. The predicted molar refractivity (Wildman–Crippen MR) is 85.2 cm³/mol. The van der Waals surface area contributed by atoms with Crippen molar-refractivity contribution < 1.29 is 9.59 Å². The minimum atomic E-state index is -0.310. The Hall–Kier alpha value is -1.50. The average molecular weight is 322 g/mol. The van der Waals surface area contributed by atoms with E-state index in [0.29, 0.717) is 24.6 Å². The number of hydrogen-bond donors (Lipinski definition) is 2. The molecule has 1 aliphatic carbocycles. The Bertz CT molecular complexity index is 514. The van der Waals surface area contributed by atoms with Crippen LogP contribution in [0, 0.1) is 5.92 Å². The number of imidazole rings is 1. The number of H-pyrrole nitrogens is 1. The number of aromatic amines is 1. The van der Waals surface area contributed by atoms with Gasteiger partial charge in [-0.2, -0.15) is 0 Å². The molecule has 2 heterocycles. The second kappa shape index (κ2) is 7.17. The van der Waals surface area contributed by atoms with Crippen LogP contribution in [-0.2, 0) is 16.0 Å². The number of aromatic nitrogens is 2. The molecule has 2 N–H and O–H groups in total. The number of nitrogens with one attached hydrogen (secondary N) is 2. The molecule has 22 heavy (non-hydrogen) atoms. The molecule has 1 aliphatic heterocycles. The summed E-state index contributed by atoms with van der Waals surface area (Å²) in [5.41, 5.74) is 0. The van der Waals surface area contributed by atoms with Crippen LogP contribution in [-0.4, -0.2) is 50.9 Å². The van der Waals surface area contributed by atoms with E-state index < -0.39 is 0 Å². The lowest BCUT2D eigenvalue weighted by Crippen LogP contribution is -2.49. The van der Waals surface area contributed by atoms with Crippen LogP contribution >= 0.6 is 11.8 Å². The van der Waals surface area contributed by atoms with Gasteiger partial charge in [-0.15, -0.1) is 11.8 Å². The van der Waals surface area contributed by atoms with E-state index in [1.165, 1.54) is 0 Å². The molecule has 7 heteroatoms. The first-order chi connectivity index (χ1) is 10.8. The van der Waals surface area contributed by atoms with E-state index >= 15 is 0 Å². The molecule has 120 valence electrons. The second-order valence-corrected chi connectivity index (χ2v) is 6.88. The Morgan fingerprint density at radius 1 is 1.41 bits per heavy atom. The van der Waals surface area contributed by atoms with E-state index in [9.17, 15) is 9.59 Å². The summed E-state index contributed by atoms with van der Waals surface area (Å²) in [4.78, 5) is 33.8. The molecule has 2 fully saturated rings. The molecular weight excluding hydrogens is 300 g/mol. The summed E-state index contributed by atoms with van der Waals surface area (Å²) < 4.78 is 0. The first-order valence-electron chi connectivity index (χ1n) is 7.90. The van der Waals surface area contributed by atoms with Crippen molar-refractivity contribution in [2.75, 3.05) is 18.2 Å². The van der Waals surface area contributed by atoms with Crippen molar-refractivity contribution in [3.63, 3.8) is 0 Å². The van der Waals surface area contributed by atoms with Gasteiger partial charge in [0.15, 0.2) is 0 Å². The van der Waals surface area contributed by atoms with Crippen LogP contribution in [0.4, 0.5) is 0 Å². The number of hydrogen-bond acceptors (Lipinski definition) is 4. The van der Waals surface area contributed by atoms with E-state index in [-0.39, 0.29) is 23.8 Å². The number of carbonyl (C=O) groups is 2. The van der Waals surface area contributed by atoms with E-state index in [0.717, 1.165) is 31.5 Å². The molecular formula is C15H22N4O2S. The highest BCUT2D eigenvalue weighted by molar-refractivity contribution is 7.99. The van der Waals surface area contributed by atoms with Gasteiger partial charge in [-0.1, -0.05) is 12.8 Å². The fourth-order valence-corrected chi connectivity index (χ4v) is 4.30. The lowest BCUT2D eigenvalue weighted by atomic mass is 10.1. The van der Waals surface area contributed by atoms with Crippen molar-refractivity contribution in [2.45, 2.75) is 38.1 Å².